The minimum atomic E-state index is -0.114. The number of amides is 1. The number of furan rings is 1. The Morgan fingerprint density at radius 3 is 2.48 bits per heavy atom. The van der Waals surface area contributed by atoms with Crippen LogP contribution in [-0.2, 0) is 12.0 Å². The van der Waals surface area contributed by atoms with Crippen molar-refractivity contribution in [2.45, 2.75) is 44.1 Å². The summed E-state index contributed by atoms with van der Waals surface area (Å²) in [6.07, 6.45) is 7.24. The Labute approximate surface area is 159 Å². The average molecular weight is 383 g/mol. The SMILES string of the molecule is Cl.NCc1cc(C(=O)NCC2(c3ccc(Cl)cc3)CCCCC2)co1. The van der Waals surface area contributed by atoms with Crippen LogP contribution in [0.4, 0.5) is 0 Å². The highest BCUT2D eigenvalue weighted by molar-refractivity contribution is 6.30. The van der Waals surface area contributed by atoms with E-state index in [0.717, 1.165) is 17.9 Å². The third-order valence-electron chi connectivity index (χ3n) is 4.97. The summed E-state index contributed by atoms with van der Waals surface area (Å²) in [5, 5.41) is 3.82. The summed E-state index contributed by atoms with van der Waals surface area (Å²) in [6.45, 7) is 0.915. The van der Waals surface area contributed by atoms with Crippen LogP contribution in [0.1, 0.15) is 53.8 Å². The number of hydrogen-bond acceptors (Lipinski definition) is 3. The van der Waals surface area contributed by atoms with Crippen LogP contribution in [0.2, 0.25) is 5.02 Å². The quantitative estimate of drug-likeness (QED) is 0.802. The van der Waals surface area contributed by atoms with Gasteiger partial charge in [-0.3, -0.25) is 4.79 Å². The van der Waals surface area contributed by atoms with E-state index >= 15 is 0 Å². The summed E-state index contributed by atoms with van der Waals surface area (Å²) >= 11 is 6.03. The third kappa shape index (κ3) is 4.57. The highest BCUT2D eigenvalue weighted by Crippen LogP contribution is 2.39. The maximum absolute atomic E-state index is 12.4. The Kier molecular flexibility index (Phi) is 6.94. The molecule has 0 atom stereocenters. The first-order valence-corrected chi connectivity index (χ1v) is 8.82. The van der Waals surface area contributed by atoms with Gasteiger partial charge in [0.15, 0.2) is 0 Å². The van der Waals surface area contributed by atoms with E-state index < -0.39 is 0 Å². The first-order valence-electron chi connectivity index (χ1n) is 8.45. The maximum Gasteiger partial charge on any atom is 0.254 e. The van der Waals surface area contributed by atoms with Gasteiger partial charge in [-0.2, -0.15) is 0 Å². The molecule has 1 saturated carbocycles. The van der Waals surface area contributed by atoms with Gasteiger partial charge >= 0.3 is 0 Å². The Balaban J connectivity index is 0.00000225. The fourth-order valence-corrected chi connectivity index (χ4v) is 3.68. The molecule has 0 unspecified atom stereocenters. The van der Waals surface area contributed by atoms with Crippen LogP contribution >= 0.6 is 24.0 Å². The van der Waals surface area contributed by atoms with Crippen molar-refractivity contribution in [3.05, 3.63) is 58.5 Å². The molecule has 0 aliphatic heterocycles. The second kappa shape index (κ2) is 8.75. The van der Waals surface area contributed by atoms with Crippen molar-refractivity contribution in [3.8, 4) is 0 Å². The van der Waals surface area contributed by atoms with Gasteiger partial charge in [0.2, 0.25) is 0 Å². The van der Waals surface area contributed by atoms with Gasteiger partial charge in [-0.25, -0.2) is 0 Å². The van der Waals surface area contributed by atoms with Crippen molar-refractivity contribution in [1.29, 1.82) is 0 Å². The second-order valence-electron chi connectivity index (χ2n) is 6.54. The smallest absolute Gasteiger partial charge is 0.254 e. The van der Waals surface area contributed by atoms with Crippen LogP contribution in [0, 0.1) is 0 Å². The number of rotatable bonds is 5. The summed E-state index contributed by atoms with van der Waals surface area (Å²) in [5.41, 5.74) is 7.29. The van der Waals surface area contributed by atoms with Crippen molar-refractivity contribution < 1.29 is 9.21 Å². The van der Waals surface area contributed by atoms with Crippen LogP contribution < -0.4 is 11.1 Å². The standard InChI is InChI=1S/C19H23ClN2O2.ClH/c20-16-6-4-15(5-7-16)19(8-2-1-3-9-19)13-22-18(23)14-10-17(11-21)24-12-14;/h4-7,10,12H,1-3,8-9,11,13,21H2,(H,22,23);1H. The number of hydrogen-bond donors (Lipinski definition) is 2. The van der Waals surface area contributed by atoms with E-state index in [0.29, 0.717) is 24.4 Å². The van der Waals surface area contributed by atoms with Gasteiger partial charge in [0, 0.05) is 17.0 Å². The molecule has 0 radical (unpaired) electrons. The van der Waals surface area contributed by atoms with E-state index in [1.807, 2.05) is 12.1 Å². The molecule has 3 N–H and O–H groups in total. The average Bonchev–Trinajstić information content (AvgIpc) is 3.10. The molecule has 1 amide bonds. The molecule has 0 saturated heterocycles. The van der Waals surface area contributed by atoms with E-state index in [4.69, 9.17) is 21.8 Å². The van der Waals surface area contributed by atoms with Gasteiger partial charge in [-0.1, -0.05) is 43.0 Å². The largest absolute Gasteiger partial charge is 0.467 e. The lowest BCUT2D eigenvalue weighted by Gasteiger charge is -2.38. The van der Waals surface area contributed by atoms with Crippen LogP contribution in [0.5, 0.6) is 0 Å². The predicted octanol–water partition coefficient (Wildman–Crippen LogP) is 4.45. The topological polar surface area (TPSA) is 68.3 Å². The Bertz CT molecular complexity index is 692. The zero-order valence-electron chi connectivity index (χ0n) is 14.1. The van der Waals surface area contributed by atoms with Gasteiger partial charge in [-0.15, -0.1) is 12.4 Å². The van der Waals surface area contributed by atoms with Gasteiger partial charge < -0.3 is 15.5 Å². The number of nitrogens with one attached hydrogen (secondary N) is 1. The highest BCUT2D eigenvalue weighted by atomic mass is 35.5. The van der Waals surface area contributed by atoms with Crippen molar-refractivity contribution in [2.75, 3.05) is 6.54 Å². The fraction of sp³-hybridized carbons (Fsp3) is 0.421. The zero-order chi connectivity index (χ0) is 17.0. The summed E-state index contributed by atoms with van der Waals surface area (Å²) in [7, 11) is 0. The molecule has 6 heteroatoms. The predicted molar refractivity (Wildman–Crippen MR) is 102 cm³/mol. The lowest BCUT2D eigenvalue weighted by atomic mass is 9.69. The minimum Gasteiger partial charge on any atom is -0.467 e. The number of benzene rings is 1. The van der Waals surface area contributed by atoms with Gasteiger partial charge in [0.05, 0.1) is 12.1 Å². The second-order valence-corrected chi connectivity index (χ2v) is 6.97. The molecule has 0 spiro atoms. The van der Waals surface area contributed by atoms with Gasteiger partial charge in [0.25, 0.3) is 5.91 Å². The molecule has 1 aliphatic rings. The van der Waals surface area contributed by atoms with Crippen LogP contribution in [0.25, 0.3) is 0 Å². The summed E-state index contributed by atoms with van der Waals surface area (Å²) in [6, 6.07) is 9.73. The first kappa shape index (κ1) is 19.8. The van der Waals surface area contributed by atoms with Gasteiger partial charge in [0.1, 0.15) is 12.0 Å². The van der Waals surface area contributed by atoms with E-state index in [2.05, 4.69) is 17.4 Å². The lowest BCUT2D eigenvalue weighted by molar-refractivity contribution is 0.0936. The van der Waals surface area contributed by atoms with Crippen molar-refractivity contribution in [3.63, 3.8) is 0 Å². The molecular formula is C19H24Cl2N2O2. The molecule has 1 aromatic heterocycles. The van der Waals surface area contributed by atoms with Crippen molar-refractivity contribution in [2.24, 2.45) is 5.73 Å². The molecule has 1 aromatic carbocycles. The van der Waals surface area contributed by atoms with Crippen molar-refractivity contribution in [1.82, 2.24) is 5.32 Å². The molecular weight excluding hydrogens is 359 g/mol. The third-order valence-corrected chi connectivity index (χ3v) is 5.22. The van der Waals surface area contributed by atoms with E-state index in [-0.39, 0.29) is 23.7 Å². The minimum absolute atomic E-state index is 0. The molecule has 136 valence electrons. The summed E-state index contributed by atoms with van der Waals surface area (Å²) < 4.78 is 5.25. The van der Waals surface area contributed by atoms with Crippen LogP contribution in [0.3, 0.4) is 0 Å². The molecule has 25 heavy (non-hydrogen) atoms. The Morgan fingerprint density at radius 2 is 1.88 bits per heavy atom. The Hall–Kier alpha value is -1.49. The first-order chi connectivity index (χ1) is 11.6. The highest BCUT2D eigenvalue weighted by Gasteiger charge is 2.34. The molecule has 1 aliphatic carbocycles. The monoisotopic (exact) mass is 382 g/mol. The number of halogens is 2. The molecule has 2 aromatic rings. The molecule has 3 rings (SSSR count). The zero-order valence-corrected chi connectivity index (χ0v) is 15.7. The molecule has 0 bridgehead atoms. The molecule has 1 fully saturated rings. The lowest BCUT2D eigenvalue weighted by Crippen LogP contribution is -2.42. The van der Waals surface area contributed by atoms with Crippen LogP contribution in [0.15, 0.2) is 41.0 Å². The van der Waals surface area contributed by atoms with Gasteiger partial charge in [-0.05, 0) is 36.6 Å². The summed E-state index contributed by atoms with van der Waals surface area (Å²) in [5.74, 6) is 0.502. The van der Waals surface area contributed by atoms with E-state index in [9.17, 15) is 4.79 Å². The Morgan fingerprint density at radius 1 is 1.20 bits per heavy atom. The maximum atomic E-state index is 12.4. The molecule has 1 heterocycles. The van der Waals surface area contributed by atoms with E-state index in [1.54, 1.807) is 6.07 Å². The number of carbonyl (C=O) groups is 1. The number of carbonyl (C=O) groups excluding carboxylic acids is 1. The fourth-order valence-electron chi connectivity index (χ4n) is 3.56. The van der Waals surface area contributed by atoms with Crippen LogP contribution in [-0.4, -0.2) is 12.5 Å². The normalized spacial score (nSPS) is 16.1. The summed E-state index contributed by atoms with van der Waals surface area (Å²) in [4.78, 5) is 12.4. The van der Waals surface area contributed by atoms with E-state index in [1.165, 1.54) is 31.1 Å². The number of nitrogens with two attached hydrogens (primary N) is 1. The van der Waals surface area contributed by atoms with Crippen molar-refractivity contribution >= 4 is 29.9 Å². The molecule has 4 nitrogen and oxygen atoms in total.